The molecule has 2 aromatic carbocycles. The van der Waals surface area contributed by atoms with Crippen LogP contribution in [0.15, 0.2) is 52.5 Å². The van der Waals surface area contributed by atoms with Crippen LogP contribution in [0.2, 0.25) is 0 Å². The summed E-state index contributed by atoms with van der Waals surface area (Å²) in [6.07, 6.45) is -2.60. The first-order valence-electron chi connectivity index (χ1n) is 9.30. The van der Waals surface area contributed by atoms with E-state index < -0.39 is 29.8 Å². The second kappa shape index (κ2) is 9.84. The average molecular weight is 506 g/mol. The molecule has 32 heavy (non-hydrogen) atoms. The van der Waals surface area contributed by atoms with Crippen LogP contribution in [0.5, 0.6) is 5.75 Å². The first kappa shape index (κ1) is 23.3. The number of halogens is 1. The van der Waals surface area contributed by atoms with Crippen molar-refractivity contribution in [2.24, 2.45) is 0 Å². The van der Waals surface area contributed by atoms with E-state index in [0.717, 1.165) is 31.8 Å². The van der Waals surface area contributed by atoms with E-state index in [1.165, 1.54) is 12.1 Å². The fourth-order valence-electron chi connectivity index (χ4n) is 3.27. The predicted molar refractivity (Wildman–Crippen MR) is 117 cm³/mol. The van der Waals surface area contributed by atoms with Gasteiger partial charge in [0, 0.05) is 11.1 Å². The van der Waals surface area contributed by atoms with E-state index in [0.29, 0.717) is 10.2 Å². The minimum Gasteiger partial charge on any atom is -0.488 e. The number of ether oxygens (including phenoxy) is 4. The number of esters is 2. The van der Waals surface area contributed by atoms with Crippen molar-refractivity contribution < 1.29 is 38.4 Å². The highest BCUT2D eigenvalue weighted by molar-refractivity contribution is 9.10. The molecule has 10 heteroatoms. The number of rotatable bonds is 5. The summed E-state index contributed by atoms with van der Waals surface area (Å²) in [7, 11) is 3.31. The summed E-state index contributed by atoms with van der Waals surface area (Å²) in [6, 6.07) is 12.5. The van der Waals surface area contributed by atoms with E-state index in [-0.39, 0.29) is 23.4 Å². The standard InChI is InChI=1S/C22H20BrNO8/c1-29-20(26)18(21(27)30-2)17-13-9-16(32-11-12-7-5-4-6-8-12)14(23)10-15(13)24(19(17)25)22(28)31-3/h4-10,19,25H,11H2,1-3H3. The average Bonchev–Trinajstić information content (AvgIpc) is 3.08. The van der Waals surface area contributed by atoms with E-state index >= 15 is 0 Å². The Labute approximate surface area is 192 Å². The fourth-order valence-corrected chi connectivity index (χ4v) is 3.72. The highest BCUT2D eigenvalue weighted by atomic mass is 79.9. The van der Waals surface area contributed by atoms with Crippen LogP contribution in [0.25, 0.3) is 5.57 Å². The zero-order valence-corrected chi connectivity index (χ0v) is 19.0. The number of anilines is 1. The molecule has 0 aromatic heterocycles. The van der Waals surface area contributed by atoms with Gasteiger partial charge in [0.25, 0.3) is 0 Å². The molecule has 1 unspecified atom stereocenters. The molecule has 0 bridgehead atoms. The van der Waals surface area contributed by atoms with E-state index in [9.17, 15) is 19.5 Å². The highest BCUT2D eigenvalue weighted by Gasteiger charge is 2.43. The Balaban J connectivity index is 2.18. The van der Waals surface area contributed by atoms with Crippen molar-refractivity contribution in [2.75, 3.05) is 26.2 Å². The van der Waals surface area contributed by atoms with E-state index in [1.807, 2.05) is 30.3 Å². The molecule has 3 rings (SSSR count). The molecule has 0 radical (unpaired) electrons. The third-order valence-corrected chi connectivity index (χ3v) is 5.38. The highest BCUT2D eigenvalue weighted by Crippen LogP contribution is 2.46. The lowest BCUT2D eigenvalue weighted by molar-refractivity contribution is -0.144. The van der Waals surface area contributed by atoms with Gasteiger partial charge in [-0.1, -0.05) is 30.3 Å². The predicted octanol–water partition coefficient (Wildman–Crippen LogP) is 3.03. The maximum absolute atomic E-state index is 12.4. The zero-order valence-electron chi connectivity index (χ0n) is 17.5. The summed E-state index contributed by atoms with van der Waals surface area (Å²) in [4.78, 5) is 38.1. The molecule has 1 heterocycles. The molecule has 0 spiro atoms. The number of carbonyl (C=O) groups is 3. The summed E-state index contributed by atoms with van der Waals surface area (Å²) in [5.74, 6) is -1.70. The maximum Gasteiger partial charge on any atom is 0.416 e. The van der Waals surface area contributed by atoms with Crippen molar-refractivity contribution in [3.63, 3.8) is 0 Å². The molecule has 1 aliphatic rings. The quantitative estimate of drug-likeness (QED) is 0.217. The molecule has 0 fully saturated rings. The molecular formula is C22H20BrNO8. The molecule has 1 aliphatic heterocycles. The van der Waals surface area contributed by atoms with Crippen molar-refractivity contribution in [3.8, 4) is 5.75 Å². The molecule has 0 saturated carbocycles. The molecule has 0 aliphatic carbocycles. The number of hydrogen-bond donors (Lipinski definition) is 1. The van der Waals surface area contributed by atoms with Gasteiger partial charge < -0.3 is 24.1 Å². The van der Waals surface area contributed by atoms with Crippen LogP contribution in [0.4, 0.5) is 10.5 Å². The molecule has 168 valence electrons. The number of methoxy groups -OCH3 is 3. The molecule has 1 amide bonds. The lowest BCUT2D eigenvalue weighted by atomic mass is 10.00. The SMILES string of the molecule is COC(=O)C(C(=O)OC)=C1c2cc(OCc3ccccc3)c(Br)cc2N(C(=O)OC)C1O. The number of benzene rings is 2. The van der Waals surface area contributed by atoms with Crippen LogP contribution >= 0.6 is 15.9 Å². The first-order valence-corrected chi connectivity index (χ1v) is 10.1. The van der Waals surface area contributed by atoms with Crippen molar-refractivity contribution in [1.29, 1.82) is 0 Å². The fraction of sp³-hybridized carbons (Fsp3) is 0.227. The molecule has 2 aromatic rings. The number of aliphatic hydroxyl groups excluding tert-OH is 1. The summed E-state index contributed by atoms with van der Waals surface area (Å²) in [5, 5.41) is 10.9. The Morgan fingerprint density at radius 3 is 2.19 bits per heavy atom. The molecule has 9 nitrogen and oxygen atoms in total. The Morgan fingerprint density at radius 2 is 1.62 bits per heavy atom. The number of nitrogens with zero attached hydrogens (tertiary/aromatic N) is 1. The van der Waals surface area contributed by atoms with E-state index in [2.05, 4.69) is 15.9 Å². The molecule has 1 atom stereocenters. The van der Waals surface area contributed by atoms with Crippen molar-refractivity contribution in [3.05, 3.63) is 63.6 Å². The van der Waals surface area contributed by atoms with Crippen molar-refractivity contribution in [2.45, 2.75) is 12.8 Å². The number of amides is 1. The lowest BCUT2D eigenvalue weighted by Crippen LogP contribution is -2.38. The second-order valence-corrected chi connectivity index (χ2v) is 7.41. The summed E-state index contributed by atoms with van der Waals surface area (Å²) < 4.78 is 20.5. The van der Waals surface area contributed by atoms with Gasteiger partial charge in [0.2, 0.25) is 0 Å². The third-order valence-electron chi connectivity index (χ3n) is 4.76. The lowest BCUT2D eigenvalue weighted by Gasteiger charge is -2.20. The van der Waals surface area contributed by atoms with Gasteiger partial charge in [-0.2, -0.15) is 0 Å². The zero-order chi connectivity index (χ0) is 23.4. The normalized spacial score (nSPS) is 14.5. The topological polar surface area (TPSA) is 112 Å². The monoisotopic (exact) mass is 505 g/mol. The van der Waals surface area contributed by atoms with Gasteiger partial charge in [0.1, 0.15) is 12.4 Å². The third kappa shape index (κ3) is 4.32. The minimum atomic E-state index is -1.71. The Kier molecular flexibility index (Phi) is 7.16. The van der Waals surface area contributed by atoms with E-state index in [4.69, 9.17) is 18.9 Å². The molecular weight excluding hydrogens is 486 g/mol. The number of hydrogen-bond acceptors (Lipinski definition) is 8. The number of carbonyl (C=O) groups excluding carboxylic acids is 3. The summed E-state index contributed by atoms with van der Waals surface area (Å²) in [5.41, 5.74) is 0.605. The smallest absolute Gasteiger partial charge is 0.416 e. The van der Waals surface area contributed by atoms with Gasteiger partial charge in [-0.05, 0) is 33.6 Å². The number of fused-ring (bicyclic) bond motifs is 1. The Hall–Kier alpha value is -3.37. The van der Waals surface area contributed by atoms with Crippen molar-refractivity contribution in [1.82, 2.24) is 0 Å². The maximum atomic E-state index is 12.4. The summed E-state index contributed by atoms with van der Waals surface area (Å²) >= 11 is 3.40. The molecule has 1 N–H and O–H groups in total. The van der Waals surface area contributed by atoms with Crippen molar-refractivity contribution >= 4 is 45.2 Å². The number of aliphatic hydroxyl groups is 1. The van der Waals surface area contributed by atoms with Gasteiger partial charge in [-0.3, -0.25) is 0 Å². The van der Waals surface area contributed by atoms with Gasteiger partial charge in [-0.15, -0.1) is 0 Å². The largest absolute Gasteiger partial charge is 0.488 e. The van der Waals surface area contributed by atoms with Gasteiger partial charge >= 0.3 is 18.0 Å². The van der Waals surface area contributed by atoms with Crippen LogP contribution in [0.1, 0.15) is 11.1 Å². The Bertz CT molecular complexity index is 1060. The summed E-state index contributed by atoms with van der Waals surface area (Å²) in [6.45, 7) is 0.238. The van der Waals surface area contributed by atoms with Gasteiger partial charge in [0.15, 0.2) is 11.8 Å². The van der Waals surface area contributed by atoms with Crippen LogP contribution in [0.3, 0.4) is 0 Å². The van der Waals surface area contributed by atoms with Crippen LogP contribution < -0.4 is 9.64 Å². The molecule has 0 saturated heterocycles. The van der Waals surface area contributed by atoms with Gasteiger partial charge in [0.05, 0.1) is 31.5 Å². The minimum absolute atomic E-state index is 0.166. The van der Waals surface area contributed by atoms with Gasteiger partial charge in [-0.25, -0.2) is 19.3 Å². The Morgan fingerprint density at radius 1 is 1.00 bits per heavy atom. The van der Waals surface area contributed by atoms with Crippen LogP contribution in [-0.2, 0) is 30.4 Å². The van der Waals surface area contributed by atoms with Crippen LogP contribution in [-0.4, -0.2) is 50.7 Å². The van der Waals surface area contributed by atoms with E-state index in [1.54, 1.807) is 0 Å². The first-order chi connectivity index (χ1) is 15.3. The second-order valence-electron chi connectivity index (χ2n) is 6.56. The van der Waals surface area contributed by atoms with Crippen LogP contribution in [0, 0.1) is 0 Å².